The molecule has 1 aliphatic carbocycles. The van der Waals surface area contributed by atoms with Crippen LogP contribution in [-0.4, -0.2) is 47.9 Å². The van der Waals surface area contributed by atoms with Crippen molar-refractivity contribution in [2.75, 3.05) is 25.5 Å². The number of nitrogens with one attached hydrogen (secondary N) is 1. The molecule has 2 aliphatic rings. The molecule has 2 fully saturated rings. The monoisotopic (exact) mass is 315 g/mol. The maximum absolute atomic E-state index is 12.5. The molecule has 1 heterocycles. The van der Waals surface area contributed by atoms with Gasteiger partial charge < -0.3 is 15.1 Å². The molecule has 5 nitrogen and oxygen atoms in total. The lowest BCUT2D eigenvalue weighted by molar-refractivity contribution is -0.136. The molecule has 0 radical (unpaired) electrons. The topological polar surface area (TPSA) is 52.7 Å². The fourth-order valence-corrected chi connectivity index (χ4v) is 3.22. The number of hydrogen-bond acceptors (Lipinski definition) is 2. The van der Waals surface area contributed by atoms with E-state index in [0.717, 1.165) is 36.9 Å². The van der Waals surface area contributed by atoms with Crippen molar-refractivity contribution in [3.63, 3.8) is 0 Å². The molecule has 1 aromatic rings. The van der Waals surface area contributed by atoms with Gasteiger partial charge in [-0.25, -0.2) is 4.79 Å². The van der Waals surface area contributed by atoms with Crippen LogP contribution in [-0.2, 0) is 4.79 Å². The number of carbonyl (C=O) groups is 2. The molecule has 0 aromatic heterocycles. The van der Waals surface area contributed by atoms with E-state index in [1.54, 1.807) is 4.90 Å². The van der Waals surface area contributed by atoms with E-state index in [0.29, 0.717) is 19.1 Å². The first-order valence-corrected chi connectivity index (χ1v) is 8.44. The van der Waals surface area contributed by atoms with Crippen molar-refractivity contribution in [1.29, 1.82) is 0 Å². The van der Waals surface area contributed by atoms with Crippen molar-refractivity contribution < 1.29 is 9.59 Å². The van der Waals surface area contributed by atoms with Crippen LogP contribution >= 0.6 is 0 Å². The normalized spacial score (nSPS) is 21.0. The molecule has 5 heteroatoms. The van der Waals surface area contributed by atoms with Crippen LogP contribution in [0.15, 0.2) is 24.3 Å². The number of hydrogen-bond donors (Lipinski definition) is 1. The van der Waals surface area contributed by atoms with Gasteiger partial charge in [-0.1, -0.05) is 12.1 Å². The Labute approximate surface area is 137 Å². The maximum atomic E-state index is 12.5. The lowest BCUT2D eigenvalue weighted by atomic mass is 9.97. The summed E-state index contributed by atoms with van der Waals surface area (Å²) in [5, 5.41) is 2.94. The Morgan fingerprint density at radius 3 is 2.74 bits per heavy atom. The predicted molar refractivity (Wildman–Crippen MR) is 90.3 cm³/mol. The average molecular weight is 315 g/mol. The number of amides is 3. The minimum absolute atomic E-state index is 0.0578. The van der Waals surface area contributed by atoms with Crippen LogP contribution in [0, 0.1) is 12.8 Å². The molecule has 1 atom stereocenters. The number of urea groups is 1. The number of rotatable bonds is 3. The second-order valence-corrected chi connectivity index (χ2v) is 6.77. The van der Waals surface area contributed by atoms with Gasteiger partial charge in [0, 0.05) is 31.9 Å². The summed E-state index contributed by atoms with van der Waals surface area (Å²) >= 11 is 0. The van der Waals surface area contributed by atoms with Crippen LogP contribution in [0.3, 0.4) is 0 Å². The Morgan fingerprint density at radius 1 is 1.26 bits per heavy atom. The van der Waals surface area contributed by atoms with Crippen LogP contribution in [0.4, 0.5) is 10.5 Å². The van der Waals surface area contributed by atoms with E-state index in [4.69, 9.17) is 0 Å². The SMILES string of the molecule is Cc1cccc(NC(=O)N2CCCC(C(=O)N(C)C3CC3)C2)c1. The minimum atomic E-state index is -0.109. The van der Waals surface area contributed by atoms with E-state index in [9.17, 15) is 9.59 Å². The van der Waals surface area contributed by atoms with Crippen LogP contribution < -0.4 is 5.32 Å². The highest BCUT2D eigenvalue weighted by Gasteiger charge is 2.35. The Morgan fingerprint density at radius 2 is 2.04 bits per heavy atom. The van der Waals surface area contributed by atoms with E-state index in [-0.39, 0.29) is 17.9 Å². The lowest BCUT2D eigenvalue weighted by Crippen LogP contribution is -2.47. The molecule has 1 N–H and O–H groups in total. The second kappa shape index (κ2) is 6.60. The largest absolute Gasteiger partial charge is 0.342 e. The third-order valence-electron chi connectivity index (χ3n) is 4.77. The second-order valence-electron chi connectivity index (χ2n) is 6.77. The molecule has 0 spiro atoms. The Hall–Kier alpha value is -2.04. The van der Waals surface area contributed by atoms with Gasteiger partial charge in [0.25, 0.3) is 0 Å². The van der Waals surface area contributed by atoms with Gasteiger partial charge in [0.05, 0.1) is 5.92 Å². The molecule has 1 saturated heterocycles. The smallest absolute Gasteiger partial charge is 0.321 e. The van der Waals surface area contributed by atoms with Gasteiger partial charge in [0.15, 0.2) is 0 Å². The van der Waals surface area contributed by atoms with Crippen LogP contribution in [0.25, 0.3) is 0 Å². The molecule has 3 rings (SSSR count). The quantitative estimate of drug-likeness (QED) is 0.932. The fourth-order valence-electron chi connectivity index (χ4n) is 3.22. The van der Waals surface area contributed by atoms with Crippen molar-refractivity contribution in [2.24, 2.45) is 5.92 Å². The molecule has 1 saturated carbocycles. The first kappa shape index (κ1) is 15.8. The number of nitrogens with zero attached hydrogens (tertiary/aromatic N) is 2. The Bertz CT molecular complexity index is 598. The molecule has 23 heavy (non-hydrogen) atoms. The predicted octanol–water partition coefficient (Wildman–Crippen LogP) is 2.86. The average Bonchev–Trinajstić information content (AvgIpc) is 3.38. The number of benzene rings is 1. The van der Waals surface area contributed by atoms with Crippen molar-refractivity contribution in [3.05, 3.63) is 29.8 Å². The first-order chi connectivity index (χ1) is 11.0. The summed E-state index contributed by atoms with van der Waals surface area (Å²) in [5.74, 6) is 0.137. The summed E-state index contributed by atoms with van der Waals surface area (Å²) in [4.78, 5) is 28.6. The van der Waals surface area contributed by atoms with E-state index >= 15 is 0 Å². The fraction of sp³-hybridized carbons (Fsp3) is 0.556. The first-order valence-electron chi connectivity index (χ1n) is 8.44. The van der Waals surface area contributed by atoms with Crippen molar-refractivity contribution in [1.82, 2.24) is 9.80 Å². The molecule has 0 bridgehead atoms. The van der Waals surface area contributed by atoms with Gasteiger partial charge in [-0.3, -0.25) is 4.79 Å². The highest BCUT2D eigenvalue weighted by Crippen LogP contribution is 2.28. The zero-order chi connectivity index (χ0) is 16.4. The molecule has 124 valence electrons. The summed E-state index contributed by atoms with van der Waals surface area (Å²) in [6, 6.07) is 8.09. The molecule has 3 amide bonds. The number of carbonyl (C=O) groups excluding carboxylic acids is 2. The van der Waals surface area contributed by atoms with Crippen LogP contribution in [0.2, 0.25) is 0 Å². The van der Waals surface area contributed by atoms with E-state index in [1.807, 2.05) is 43.1 Å². The van der Waals surface area contributed by atoms with Gasteiger partial charge in [-0.15, -0.1) is 0 Å². The summed E-state index contributed by atoms with van der Waals surface area (Å²) < 4.78 is 0. The van der Waals surface area contributed by atoms with Gasteiger partial charge in [-0.05, 0) is 50.3 Å². The molecular weight excluding hydrogens is 290 g/mol. The number of aryl methyl sites for hydroxylation is 1. The lowest BCUT2D eigenvalue weighted by Gasteiger charge is -2.34. The highest BCUT2D eigenvalue weighted by atomic mass is 16.2. The van der Waals surface area contributed by atoms with Crippen molar-refractivity contribution in [2.45, 2.75) is 38.6 Å². The van der Waals surface area contributed by atoms with Gasteiger partial charge in [0.2, 0.25) is 5.91 Å². The third-order valence-corrected chi connectivity index (χ3v) is 4.77. The molecule has 1 unspecified atom stereocenters. The van der Waals surface area contributed by atoms with Crippen LogP contribution in [0.1, 0.15) is 31.2 Å². The van der Waals surface area contributed by atoms with E-state index in [2.05, 4.69) is 5.32 Å². The highest BCUT2D eigenvalue weighted by molar-refractivity contribution is 5.90. The Balaban J connectivity index is 1.59. The van der Waals surface area contributed by atoms with Crippen LogP contribution in [0.5, 0.6) is 0 Å². The minimum Gasteiger partial charge on any atom is -0.342 e. The van der Waals surface area contributed by atoms with Gasteiger partial charge >= 0.3 is 6.03 Å². The zero-order valence-corrected chi connectivity index (χ0v) is 13.9. The summed E-state index contributed by atoms with van der Waals surface area (Å²) in [6.07, 6.45) is 4.00. The zero-order valence-electron chi connectivity index (χ0n) is 13.9. The third kappa shape index (κ3) is 3.84. The summed E-state index contributed by atoms with van der Waals surface area (Å²) in [7, 11) is 1.89. The molecule has 1 aliphatic heterocycles. The number of piperidine rings is 1. The van der Waals surface area contributed by atoms with Gasteiger partial charge in [-0.2, -0.15) is 0 Å². The molecular formula is C18H25N3O2. The van der Waals surface area contributed by atoms with E-state index < -0.39 is 0 Å². The Kier molecular flexibility index (Phi) is 4.55. The number of likely N-dealkylation sites (tertiary alicyclic amines) is 1. The maximum Gasteiger partial charge on any atom is 0.321 e. The van der Waals surface area contributed by atoms with Gasteiger partial charge in [0.1, 0.15) is 0 Å². The van der Waals surface area contributed by atoms with E-state index in [1.165, 1.54) is 0 Å². The molecule has 1 aromatic carbocycles. The standard InChI is InChI=1S/C18H25N3O2/c1-13-5-3-7-15(11-13)19-18(23)21-10-4-6-14(12-21)17(22)20(2)16-8-9-16/h3,5,7,11,14,16H,4,6,8-10,12H2,1-2H3,(H,19,23). The van der Waals surface area contributed by atoms with Crippen molar-refractivity contribution >= 4 is 17.6 Å². The summed E-state index contributed by atoms with van der Waals surface area (Å²) in [6.45, 7) is 3.24. The summed E-state index contributed by atoms with van der Waals surface area (Å²) in [5.41, 5.74) is 1.92. The number of anilines is 1. The van der Waals surface area contributed by atoms with Crippen molar-refractivity contribution in [3.8, 4) is 0 Å².